The normalized spacial score (nSPS) is 15.8. The molecule has 1 aliphatic rings. The fraction of sp³-hybridized carbons (Fsp3) is 0.421. The predicted octanol–water partition coefficient (Wildman–Crippen LogP) is 4.36. The van der Waals surface area contributed by atoms with Gasteiger partial charge in [0.2, 0.25) is 0 Å². The zero-order valence-electron chi connectivity index (χ0n) is 14.0. The number of ketones is 1. The highest BCUT2D eigenvalue weighted by Gasteiger charge is 2.32. The quantitative estimate of drug-likeness (QED) is 0.777. The van der Waals surface area contributed by atoms with Crippen molar-refractivity contribution in [3.8, 4) is 5.06 Å². The third-order valence-corrected chi connectivity index (χ3v) is 5.64. The van der Waals surface area contributed by atoms with Gasteiger partial charge in [0.05, 0.1) is 13.2 Å². The fourth-order valence-electron chi connectivity index (χ4n) is 3.30. The Morgan fingerprint density at radius 2 is 2.21 bits per heavy atom. The fourth-order valence-corrected chi connectivity index (χ4v) is 4.28. The Hall–Kier alpha value is -1.72. The van der Waals surface area contributed by atoms with Crippen LogP contribution >= 0.6 is 11.3 Å². The highest BCUT2D eigenvalue weighted by atomic mass is 32.1. The second kappa shape index (κ2) is 7.45. The molecule has 0 saturated carbocycles. The van der Waals surface area contributed by atoms with Crippen molar-refractivity contribution in [1.82, 2.24) is 4.90 Å². The van der Waals surface area contributed by atoms with Crippen LogP contribution in [-0.4, -0.2) is 24.3 Å². The van der Waals surface area contributed by atoms with E-state index in [4.69, 9.17) is 4.74 Å². The van der Waals surface area contributed by atoms with E-state index < -0.39 is 6.04 Å². The van der Waals surface area contributed by atoms with Crippen molar-refractivity contribution in [2.45, 2.75) is 38.8 Å². The molecule has 128 valence electrons. The summed E-state index contributed by atoms with van der Waals surface area (Å²) in [4.78, 5) is 16.1. The molecule has 0 saturated heterocycles. The van der Waals surface area contributed by atoms with E-state index in [0.717, 1.165) is 24.4 Å². The molecule has 1 aliphatic heterocycles. The van der Waals surface area contributed by atoms with Gasteiger partial charge in [-0.2, -0.15) is 0 Å². The topological polar surface area (TPSA) is 29.5 Å². The van der Waals surface area contributed by atoms with Crippen LogP contribution in [0.15, 0.2) is 30.3 Å². The predicted molar refractivity (Wildman–Crippen MR) is 94.0 cm³/mol. The van der Waals surface area contributed by atoms with Gasteiger partial charge in [0, 0.05) is 30.0 Å². The molecule has 0 N–H and O–H groups in total. The molecular formula is C19H22FNO2S. The van der Waals surface area contributed by atoms with Crippen LogP contribution < -0.4 is 4.74 Å². The van der Waals surface area contributed by atoms with E-state index in [0.29, 0.717) is 18.5 Å². The minimum atomic E-state index is -0.509. The Bertz CT molecular complexity index is 728. The van der Waals surface area contributed by atoms with E-state index in [-0.39, 0.29) is 11.6 Å². The van der Waals surface area contributed by atoms with Crippen molar-refractivity contribution in [3.05, 3.63) is 52.2 Å². The third kappa shape index (κ3) is 3.37. The number of Topliss-reactive ketones (excluding diaryl/α,β-unsaturated/α-hetero) is 1. The maximum absolute atomic E-state index is 14.4. The molecule has 1 aromatic heterocycles. The van der Waals surface area contributed by atoms with Gasteiger partial charge in [-0.15, -0.1) is 11.3 Å². The number of carbonyl (C=O) groups excluding carboxylic acids is 1. The van der Waals surface area contributed by atoms with E-state index in [2.05, 4.69) is 4.90 Å². The molecule has 3 nitrogen and oxygen atoms in total. The van der Waals surface area contributed by atoms with Crippen LogP contribution in [0.1, 0.15) is 41.8 Å². The maximum atomic E-state index is 14.4. The minimum absolute atomic E-state index is 0.0910. The summed E-state index contributed by atoms with van der Waals surface area (Å²) < 4.78 is 19.7. The van der Waals surface area contributed by atoms with Gasteiger partial charge in [-0.3, -0.25) is 9.69 Å². The first-order valence-corrected chi connectivity index (χ1v) is 9.12. The number of halogens is 1. The van der Waals surface area contributed by atoms with Crippen LogP contribution in [0.2, 0.25) is 0 Å². The second-order valence-electron chi connectivity index (χ2n) is 6.08. The lowest BCUT2D eigenvalue weighted by molar-refractivity contribution is -0.125. The molecule has 5 heteroatoms. The molecule has 24 heavy (non-hydrogen) atoms. The largest absolute Gasteiger partial charge is 0.487 e. The van der Waals surface area contributed by atoms with Crippen LogP contribution in [0.3, 0.4) is 0 Å². The highest BCUT2D eigenvalue weighted by molar-refractivity contribution is 7.14. The Labute approximate surface area is 146 Å². The van der Waals surface area contributed by atoms with Gasteiger partial charge in [-0.05, 0) is 30.5 Å². The molecule has 2 heterocycles. The molecule has 0 aliphatic carbocycles. The molecule has 1 aromatic carbocycles. The number of fused-ring (bicyclic) bond motifs is 1. The van der Waals surface area contributed by atoms with Crippen LogP contribution in [0.25, 0.3) is 0 Å². The summed E-state index contributed by atoms with van der Waals surface area (Å²) >= 11 is 1.66. The van der Waals surface area contributed by atoms with Crippen LogP contribution in [0.4, 0.5) is 4.39 Å². The van der Waals surface area contributed by atoms with E-state index in [1.807, 2.05) is 13.0 Å². The Morgan fingerprint density at radius 3 is 2.92 bits per heavy atom. The Morgan fingerprint density at radius 1 is 1.42 bits per heavy atom. The monoisotopic (exact) mass is 347 g/mol. The van der Waals surface area contributed by atoms with Gasteiger partial charge in [0.25, 0.3) is 0 Å². The van der Waals surface area contributed by atoms with Crippen molar-refractivity contribution in [2.24, 2.45) is 0 Å². The van der Waals surface area contributed by atoms with Crippen molar-refractivity contribution < 1.29 is 13.9 Å². The molecule has 0 fully saturated rings. The number of methoxy groups -OCH3 is 1. The maximum Gasteiger partial charge on any atom is 0.173 e. The molecule has 0 amide bonds. The number of rotatable bonds is 6. The van der Waals surface area contributed by atoms with Crippen LogP contribution in [0, 0.1) is 5.82 Å². The van der Waals surface area contributed by atoms with Crippen LogP contribution in [-0.2, 0) is 17.8 Å². The molecule has 2 aromatic rings. The number of carbonyl (C=O) groups is 1. The zero-order valence-corrected chi connectivity index (χ0v) is 14.9. The number of hydrogen-bond acceptors (Lipinski definition) is 4. The van der Waals surface area contributed by atoms with Gasteiger partial charge in [-0.25, -0.2) is 4.39 Å². The summed E-state index contributed by atoms with van der Waals surface area (Å²) in [5.41, 5.74) is 1.68. The molecule has 0 bridgehead atoms. The first kappa shape index (κ1) is 17.1. The molecular weight excluding hydrogens is 325 g/mol. The number of ether oxygens (including phenoxy) is 1. The average molecular weight is 347 g/mol. The smallest absolute Gasteiger partial charge is 0.173 e. The lowest BCUT2D eigenvalue weighted by Gasteiger charge is -2.34. The zero-order chi connectivity index (χ0) is 17.1. The number of hydrogen-bond donors (Lipinski definition) is 0. The first-order chi connectivity index (χ1) is 11.6. The molecule has 3 rings (SSSR count). The molecule has 0 spiro atoms. The first-order valence-electron chi connectivity index (χ1n) is 8.30. The summed E-state index contributed by atoms with van der Waals surface area (Å²) in [5, 5.41) is 0.893. The van der Waals surface area contributed by atoms with Gasteiger partial charge in [0.1, 0.15) is 5.82 Å². The second-order valence-corrected chi connectivity index (χ2v) is 7.18. The average Bonchev–Trinajstić information content (AvgIpc) is 2.99. The summed E-state index contributed by atoms with van der Waals surface area (Å²) in [6.45, 7) is 3.39. The van der Waals surface area contributed by atoms with E-state index in [1.165, 1.54) is 16.5 Å². The standard InChI is InChI=1S/C19H22FNO2S/c1-3-6-16(22)19(14-7-4-5-8-15(14)20)21-10-9-17-13(12-21)11-18(23-2)24-17/h4-5,7-8,11,19H,3,6,9-10,12H2,1-2H3. The lowest BCUT2D eigenvalue weighted by Crippen LogP contribution is -2.38. The van der Waals surface area contributed by atoms with Crippen molar-refractivity contribution in [1.29, 1.82) is 0 Å². The van der Waals surface area contributed by atoms with Gasteiger partial charge in [-0.1, -0.05) is 25.1 Å². The van der Waals surface area contributed by atoms with Gasteiger partial charge >= 0.3 is 0 Å². The van der Waals surface area contributed by atoms with Crippen molar-refractivity contribution in [3.63, 3.8) is 0 Å². The summed E-state index contributed by atoms with van der Waals surface area (Å²) in [5.74, 6) is -0.214. The molecule has 1 atom stereocenters. The van der Waals surface area contributed by atoms with E-state index >= 15 is 0 Å². The molecule has 1 unspecified atom stereocenters. The van der Waals surface area contributed by atoms with Crippen molar-refractivity contribution in [2.75, 3.05) is 13.7 Å². The van der Waals surface area contributed by atoms with Crippen molar-refractivity contribution >= 4 is 17.1 Å². The number of benzene rings is 1. The lowest BCUT2D eigenvalue weighted by atomic mass is 9.95. The Balaban J connectivity index is 1.92. The summed E-state index contributed by atoms with van der Waals surface area (Å²) in [7, 11) is 1.67. The third-order valence-electron chi connectivity index (χ3n) is 4.44. The van der Waals surface area contributed by atoms with E-state index in [1.54, 1.807) is 36.6 Å². The Kier molecular flexibility index (Phi) is 5.31. The highest BCUT2D eigenvalue weighted by Crippen LogP contribution is 2.36. The van der Waals surface area contributed by atoms with Gasteiger partial charge in [0.15, 0.2) is 10.8 Å². The molecule has 0 radical (unpaired) electrons. The SMILES string of the molecule is CCCC(=O)C(c1ccccc1F)N1CCc2sc(OC)cc2C1. The number of nitrogens with zero attached hydrogens (tertiary/aromatic N) is 1. The van der Waals surface area contributed by atoms with Crippen LogP contribution in [0.5, 0.6) is 5.06 Å². The summed E-state index contributed by atoms with van der Waals surface area (Å²) in [6.07, 6.45) is 2.11. The summed E-state index contributed by atoms with van der Waals surface area (Å²) in [6, 6.07) is 8.16. The number of thiophene rings is 1. The minimum Gasteiger partial charge on any atom is -0.487 e. The van der Waals surface area contributed by atoms with E-state index in [9.17, 15) is 9.18 Å². The van der Waals surface area contributed by atoms with Gasteiger partial charge < -0.3 is 4.74 Å².